The molecule has 106 valence electrons. The predicted octanol–water partition coefficient (Wildman–Crippen LogP) is 6.37. The van der Waals surface area contributed by atoms with E-state index in [0.717, 1.165) is 12.8 Å². The number of rotatable bonds is 4. The van der Waals surface area contributed by atoms with E-state index in [4.69, 9.17) is 0 Å². The Labute approximate surface area is 138 Å². The molecular formula is C18H20Br2. The van der Waals surface area contributed by atoms with E-state index in [9.17, 15) is 0 Å². The number of benzene rings is 2. The molecule has 0 radical (unpaired) electrons. The zero-order chi connectivity index (χ0) is 14.7. The van der Waals surface area contributed by atoms with Crippen molar-refractivity contribution < 1.29 is 0 Å². The van der Waals surface area contributed by atoms with Crippen molar-refractivity contribution in [2.75, 3.05) is 0 Å². The van der Waals surface area contributed by atoms with Gasteiger partial charge in [0.15, 0.2) is 0 Å². The standard InChI is InChI=1S/C18H20Br2/c1-4-13-9-10-14(5-2)16(11-13)18(20)15-8-6-7-12(3)17(15)19/h6-11,18H,4-5H2,1-3H3. The number of hydrogen-bond donors (Lipinski definition) is 0. The smallest absolute Gasteiger partial charge is 0.0658 e. The second-order valence-electron chi connectivity index (χ2n) is 5.08. The number of aryl methyl sites for hydroxylation is 3. The van der Waals surface area contributed by atoms with Gasteiger partial charge in [-0.25, -0.2) is 0 Å². The van der Waals surface area contributed by atoms with Crippen LogP contribution in [-0.4, -0.2) is 0 Å². The fourth-order valence-electron chi connectivity index (χ4n) is 2.46. The van der Waals surface area contributed by atoms with Crippen molar-refractivity contribution in [2.45, 2.75) is 38.4 Å². The lowest BCUT2D eigenvalue weighted by atomic mass is 9.95. The highest BCUT2D eigenvalue weighted by atomic mass is 79.9. The molecule has 0 aliphatic rings. The maximum absolute atomic E-state index is 3.90. The van der Waals surface area contributed by atoms with Crippen molar-refractivity contribution in [1.29, 1.82) is 0 Å². The van der Waals surface area contributed by atoms with E-state index in [1.54, 1.807) is 0 Å². The van der Waals surface area contributed by atoms with Gasteiger partial charge in [-0.1, -0.05) is 82.1 Å². The minimum atomic E-state index is 0.234. The summed E-state index contributed by atoms with van der Waals surface area (Å²) in [5, 5.41) is 0. The second kappa shape index (κ2) is 6.91. The Hall–Kier alpha value is -0.600. The fraction of sp³-hybridized carbons (Fsp3) is 0.333. The molecule has 0 aliphatic heterocycles. The fourth-order valence-corrected chi connectivity index (χ4v) is 4.06. The highest BCUT2D eigenvalue weighted by Crippen LogP contribution is 2.38. The molecule has 0 aliphatic carbocycles. The molecule has 2 aromatic carbocycles. The summed E-state index contributed by atoms with van der Waals surface area (Å²) in [5.74, 6) is 0. The zero-order valence-electron chi connectivity index (χ0n) is 12.2. The van der Waals surface area contributed by atoms with Crippen molar-refractivity contribution in [3.05, 3.63) is 68.7 Å². The average Bonchev–Trinajstić information content (AvgIpc) is 2.48. The first-order valence-corrected chi connectivity index (χ1v) is 8.80. The zero-order valence-corrected chi connectivity index (χ0v) is 15.4. The molecule has 0 aromatic heterocycles. The highest BCUT2D eigenvalue weighted by molar-refractivity contribution is 9.11. The number of halogens is 2. The van der Waals surface area contributed by atoms with Gasteiger partial charge >= 0.3 is 0 Å². The molecule has 0 N–H and O–H groups in total. The van der Waals surface area contributed by atoms with Crippen LogP contribution in [0.25, 0.3) is 0 Å². The molecule has 2 heteroatoms. The van der Waals surface area contributed by atoms with Gasteiger partial charge in [0.05, 0.1) is 4.83 Å². The Kier molecular flexibility index (Phi) is 5.45. The van der Waals surface area contributed by atoms with E-state index < -0.39 is 0 Å². The molecule has 0 saturated heterocycles. The van der Waals surface area contributed by atoms with Crippen LogP contribution in [0.15, 0.2) is 40.9 Å². The summed E-state index contributed by atoms with van der Waals surface area (Å²) >= 11 is 7.63. The lowest BCUT2D eigenvalue weighted by Crippen LogP contribution is -2.01. The summed E-state index contributed by atoms with van der Waals surface area (Å²) in [7, 11) is 0. The van der Waals surface area contributed by atoms with Crippen LogP contribution in [0.4, 0.5) is 0 Å². The number of alkyl halides is 1. The SMILES string of the molecule is CCc1ccc(CC)c(C(Br)c2cccc(C)c2Br)c1. The van der Waals surface area contributed by atoms with Crippen molar-refractivity contribution in [2.24, 2.45) is 0 Å². The van der Waals surface area contributed by atoms with Gasteiger partial charge in [-0.3, -0.25) is 0 Å². The summed E-state index contributed by atoms with van der Waals surface area (Å²) < 4.78 is 1.20. The van der Waals surface area contributed by atoms with Gasteiger partial charge in [0, 0.05) is 4.47 Å². The van der Waals surface area contributed by atoms with Gasteiger partial charge in [-0.05, 0) is 47.6 Å². The molecule has 0 fully saturated rings. The summed E-state index contributed by atoms with van der Waals surface area (Å²) in [5.41, 5.74) is 6.77. The maximum atomic E-state index is 3.90. The molecule has 20 heavy (non-hydrogen) atoms. The van der Waals surface area contributed by atoms with E-state index in [1.807, 2.05) is 0 Å². The monoisotopic (exact) mass is 394 g/mol. The van der Waals surface area contributed by atoms with Crippen molar-refractivity contribution in [3.63, 3.8) is 0 Å². The lowest BCUT2D eigenvalue weighted by molar-refractivity contribution is 1.03. The third-order valence-electron chi connectivity index (χ3n) is 3.77. The normalized spacial score (nSPS) is 12.4. The molecule has 2 rings (SSSR count). The molecular weight excluding hydrogens is 376 g/mol. The van der Waals surface area contributed by atoms with Crippen LogP contribution in [-0.2, 0) is 12.8 Å². The molecule has 0 saturated carbocycles. The Bertz CT molecular complexity index is 602. The van der Waals surface area contributed by atoms with E-state index in [-0.39, 0.29) is 4.83 Å². The minimum absolute atomic E-state index is 0.234. The van der Waals surface area contributed by atoms with Crippen molar-refractivity contribution in [3.8, 4) is 0 Å². The first kappa shape index (κ1) is 15.8. The first-order valence-electron chi connectivity index (χ1n) is 7.09. The van der Waals surface area contributed by atoms with Crippen LogP contribution in [0.1, 0.15) is 46.5 Å². The van der Waals surface area contributed by atoms with Gasteiger partial charge in [0.2, 0.25) is 0 Å². The summed E-state index contributed by atoms with van der Waals surface area (Å²) in [6.45, 7) is 6.56. The minimum Gasteiger partial charge on any atom is -0.0786 e. The van der Waals surface area contributed by atoms with Crippen molar-refractivity contribution in [1.82, 2.24) is 0 Å². The largest absolute Gasteiger partial charge is 0.0786 e. The second-order valence-corrected chi connectivity index (χ2v) is 6.79. The number of hydrogen-bond acceptors (Lipinski definition) is 0. The molecule has 1 unspecified atom stereocenters. The lowest BCUT2D eigenvalue weighted by Gasteiger charge is -2.18. The topological polar surface area (TPSA) is 0 Å². The van der Waals surface area contributed by atoms with Crippen LogP contribution < -0.4 is 0 Å². The van der Waals surface area contributed by atoms with E-state index in [0.29, 0.717) is 0 Å². The summed E-state index contributed by atoms with van der Waals surface area (Å²) in [6, 6.07) is 13.3. The van der Waals surface area contributed by atoms with Gasteiger partial charge in [0.25, 0.3) is 0 Å². The van der Waals surface area contributed by atoms with Gasteiger partial charge < -0.3 is 0 Å². The highest BCUT2D eigenvalue weighted by Gasteiger charge is 2.17. The molecule has 0 nitrogen and oxygen atoms in total. The van der Waals surface area contributed by atoms with Crippen LogP contribution in [0.2, 0.25) is 0 Å². The Balaban J connectivity index is 2.51. The third-order valence-corrected chi connectivity index (χ3v) is 5.84. The molecule has 0 heterocycles. The van der Waals surface area contributed by atoms with E-state index >= 15 is 0 Å². The summed E-state index contributed by atoms with van der Waals surface area (Å²) in [4.78, 5) is 0.234. The molecule has 0 amide bonds. The van der Waals surface area contributed by atoms with Crippen LogP contribution in [0.3, 0.4) is 0 Å². The van der Waals surface area contributed by atoms with Crippen molar-refractivity contribution >= 4 is 31.9 Å². The van der Waals surface area contributed by atoms with Crippen LogP contribution >= 0.6 is 31.9 Å². The van der Waals surface area contributed by atoms with Gasteiger partial charge in [0.1, 0.15) is 0 Å². The average molecular weight is 396 g/mol. The Morgan fingerprint density at radius 1 is 1.00 bits per heavy atom. The molecule has 0 spiro atoms. The van der Waals surface area contributed by atoms with Crippen LogP contribution in [0, 0.1) is 6.92 Å². The predicted molar refractivity (Wildman–Crippen MR) is 94.8 cm³/mol. The first-order chi connectivity index (χ1) is 9.58. The molecule has 0 bridgehead atoms. The van der Waals surface area contributed by atoms with Gasteiger partial charge in [-0.15, -0.1) is 0 Å². The molecule has 1 atom stereocenters. The van der Waals surface area contributed by atoms with E-state index in [1.165, 1.54) is 32.3 Å². The van der Waals surface area contributed by atoms with Crippen LogP contribution in [0.5, 0.6) is 0 Å². The third kappa shape index (κ3) is 3.17. The molecule has 2 aromatic rings. The Morgan fingerprint density at radius 3 is 2.40 bits per heavy atom. The maximum Gasteiger partial charge on any atom is 0.0658 e. The van der Waals surface area contributed by atoms with Gasteiger partial charge in [-0.2, -0.15) is 0 Å². The Morgan fingerprint density at radius 2 is 1.75 bits per heavy atom. The van der Waals surface area contributed by atoms with E-state index in [2.05, 4.69) is 89.0 Å². The quantitative estimate of drug-likeness (QED) is 0.527. The summed E-state index contributed by atoms with van der Waals surface area (Å²) in [6.07, 6.45) is 2.14.